The second kappa shape index (κ2) is 9.66. The molecule has 0 aromatic heterocycles. The summed E-state index contributed by atoms with van der Waals surface area (Å²) in [5.41, 5.74) is 0.996. The summed E-state index contributed by atoms with van der Waals surface area (Å²) in [6.07, 6.45) is 4.58. The number of hydrogen-bond acceptors (Lipinski definition) is 3. The van der Waals surface area contributed by atoms with E-state index in [2.05, 4.69) is 5.32 Å². The molecule has 1 aliphatic rings. The Morgan fingerprint density at radius 3 is 2.28 bits per heavy atom. The van der Waals surface area contributed by atoms with Crippen LogP contribution in [0, 0.1) is 0 Å². The number of carbonyl (C=O) groups is 1. The van der Waals surface area contributed by atoms with Crippen LogP contribution in [0.15, 0.2) is 30.3 Å². The third-order valence-electron chi connectivity index (χ3n) is 2.70. The minimum absolute atomic E-state index is 0.163. The molecule has 0 unspecified atom stereocenters. The quantitative estimate of drug-likeness (QED) is 0.837. The van der Waals surface area contributed by atoms with E-state index in [9.17, 15) is 4.79 Å². The van der Waals surface area contributed by atoms with Gasteiger partial charge >= 0.3 is 5.97 Å². The molecule has 1 heterocycles. The van der Waals surface area contributed by atoms with Crippen LogP contribution >= 0.6 is 0 Å². The summed E-state index contributed by atoms with van der Waals surface area (Å²) in [6, 6.07) is 9.58. The molecule has 3 nitrogen and oxygen atoms in total. The first kappa shape index (κ1) is 14.7. The lowest BCUT2D eigenvalue weighted by Crippen LogP contribution is -2.21. The number of esters is 1. The molecule has 2 rings (SSSR count). The Morgan fingerprint density at radius 2 is 1.83 bits per heavy atom. The van der Waals surface area contributed by atoms with Crippen LogP contribution in [0.5, 0.6) is 0 Å². The zero-order valence-corrected chi connectivity index (χ0v) is 11.2. The lowest BCUT2D eigenvalue weighted by molar-refractivity contribution is -0.142. The van der Waals surface area contributed by atoms with E-state index in [1.807, 2.05) is 37.3 Å². The van der Waals surface area contributed by atoms with Crippen molar-refractivity contribution < 1.29 is 9.53 Å². The molecule has 3 heteroatoms. The number of benzene rings is 1. The monoisotopic (exact) mass is 249 g/mol. The Kier molecular flexibility index (Phi) is 7.89. The van der Waals surface area contributed by atoms with Gasteiger partial charge in [-0.05, 0) is 38.4 Å². The average Bonchev–Trinajstić information content (AvgIpc) is 2.43. The van der Waals surface area contributed by atoms with E-state index < -0.39 is 0 Å². The summed E-state index contributed by atoms with van der Waals surface area (Å²) in [6.45, 7) is 4.76. The largest absolute Gasteiger partial charge is 0.466 e. The van der Waals surface area contributed by atoms with Crippen molar-refractivity contribution in [3.8, 4) is 0 Å². The number of hydrogen-bond donors (Lipinski definition) is 1. The van der Waals surface area contributed by atoms with Gasteiger partial charge in [0.25, 0.3) is 0 Å². The fourth-order valence-electron chi connectivity index (χ4n) is 1.78. The SMILES string of the molecule is C1CCNCC1.CCOC(=O)Cc1ccccc1. The summed E-state index contributed by atoms with van der Waals surface area (Å²) < 4.78 is 4.81. The zero-order chi connectivity index (χ0) is 13.1. The van der Waals surface area contributed by atoms with Crippen molar-refractivity contribution in [2.75, 3.05) is 19.7 Å². The summed E-state index contributed by atoms with van der Waals surface area (Å²) in [4.78, 5) is 11.0. The minimum atomic E-state index is -0.163. The molecular formula is C15H23NO2. The van der Waals surface area contributed by atoms with Gasteiger partial charge in [0, 0.05) is 0 Å². The predicted molar refractivity (Wildman–Crippen MR) is 73.5 cm³/mol. The van der Waals surface area contributed by atoms with Crippen molar-refractivity contribution in [2.24, 2.45) is 0 Å². The molecule has 0 aliphatic carbocycles. The number of ether oxygens (including phenoxy) is 1. The first-order valence-corrected chi connectivity index (χ1v) is 6.73. The van der Waals surface area contributed by atoms with Gasteiger partial charge in [0.1, 0.15) is 0 Å². The van der Waals surface area contributed by atoms with Gasteiger partial charge in [0.2, 0.25) is 0 Å². The molecule has 1 N–H and O–H groups in total. The van der Waals surface area contributed by atoms with Gasteiger partial charge in [0.05, 0.1) is 13.0 Å². The Morgan fingerprint density at radius 1 is 1.17 bits per heavy atom. The Bertz CT molecular complexity index is 309. The molecule has 18 heavy (non-hydrogen) atoms. The van der Waals surface area contributed by atoms with Gasteiger partial charge in [-0.1, -0.05) is 36.8 Å². The minimum Gasteiger partial charge on any atom is -0.466 e. The fourth-order valence-corrected chi connectivity index (χ4v) is 1.78. The average molecular weight is 249 g/mol. The van der Waals surface area contributed by atoms with Crippen LogP contribution in [0.2, 0.25) is 0 Å². The molecule has 0 bridgehead atoms. The van der Waals surface area contributed by atoms with E-state index in [0.29, 0.717) is 13.0 Å². The topological polar surface area (TPSA) is 38.3 Å². The van der Waals surface area contributed by atoms with Crippen molar-refractivity contribution in [3.63, 3.8) is 0 Å². The molecule has 1 aromatic rings. The fraction of sp³-hybridized carbons (Fsp3) is 0.533. The molecule has 1 fully saturated rings. The van der Waals surface area contributed by atoms with Crippen LogP contribution in [0.4, 0.5) is 0 Å². The van der Waals surface area contributed by atoms with Crippen molar-refractivity contribution in [1.29, 1.82) is 0 Å². The van der Waals surface area contributed by atoms with Crippen LogP contribution in [-0.4, -0.2) is 25.7 Å². The maximum Gasteiger partial charge on any atom is 0.310 e. The number of piperidine rings is 1. The Labute approximate surface area is 110 Å². The van der Waals surface area contributed by atoms with Gasteiger partial charge in [0.15, 0.2) is 0 Å². The van der Waals surface area contributed by atoms with Crippen LogP contribution < -0.4 is 5.32 Å². The van der Waals surface area contributed by atoms with E-state index in [1.165, 1.54) is 32.4 Å². The number of nitrogens with one attached hydrogen (secondary N) is 1. The van der Waals surface area contributed by atoms with Crippen LogP contribution in [0.1, 0.15) is 31.7 Å². The first-order valence-electron chi connectivity index (χ1n) is 6.73. The highest BCUT2D eigenvalue weighted by molar-refractivity contribution is 5.72. The standard InChI is InChI=1S/C10H12O2.C5H11N/c1-2-12-10(11)8-9-6-4-3-5-7-9;1-2-4-6-5-3-1/h3-7H,2,8H2,1H3;6H,1-5H2. The van der Waals surface area contributed by atoms with E-state index in [1.54, 1.807) is 0 Å². The molecule has 100 valence electrons. The lowest BCUT2D eigenvalue weighted by atomic mass is 10.2. The number of rotatable bonds is 3. The van der Waals surface area contributed by atoms with E-state index >= 15 is 0 Å². The van der Waals surface area contributed by atoms with Crippen molar-refractivity contribution >= 4 is 5.97 Å². The second-order valence-electron chi connectivity index (χ2n) is 4.28. The van der Waals surface area contributed by atoms with Crippen molar-refractivity contribution in [2.45, 2.75) is 32.6 Å². The molecule has 0 saturated carbocycles. The van der Waals surface area contributed by atoms with Gasteiger partial charge < -0.3 is 10.1 Å². The van der Waals surface area contributed by atoms with Crippen LogP contribution in [0.3, 0.4) is 0 Å². The molecule has 0 radical (unpaired) electrons. The third-order valence-corrected chi connectivity index (χ3v) is 2.70. The molecular weight excluding hydrogens is 226 g/mol. The van der Waals surface area contributed by atoms with E-state index in [4.69, 9.17) is 4.74 Å². The van der Waals surface area contributed by atoms with Crippen LogP contribution in [0.25, 0.3) is 0 Å². The van der Waals surface area contributed by atoms with Crippen molar-refractivity contribution in [3.05, 3.63) is 35.9 Å². The summed E-state index contributed by atoms with van der Waals surface area (Å²) >= 11 is 0. The Balaban J connectivity index is 0.000000225. The van der Waals surface area contributed by atoms with Crippen LogP contribution in [-0.2, 0) is 16.0 Å². The third kappa shape index (κ3) is 7.07. The Hall–Kier alpha value is -1.35. The highest BCUT2D eigenvalue weighted by atomic mass is 16.5. The molecule has 1 aliphatic heterocycles. The van der Waals surface area contributed by atoms with Gasteiger partial charge in [-0.15, -0.1) is 0 Å². The first-order chi connectivity index (χ1) is 8.83. The summed E-state index contributed by atoms with van der Waals surface area (Å²) in [7, 11) is 0. The summed E-state index contributed by atoms with van der Waals surface area (Å²) in [5.74, 6) is -0.163. The van der Waals surface area contributed by atoms with Crippen molar-refractivity contribution in [1.82, 2.24) is 5.32 Å². The molecule has 0 amide bonds. The predicted octanol–water partition coefficient (Wildman–Crippen LogP) is 2.55. The maximum absolute atomic E-state index is 11.0. The molecule has 0 spiro atoms. The highest BCUT2D eigenvalue weighted by Crippen LogP contribution is 2.00. The normalized spacial score (nSPS) is 14.3. The maximum atomic E-state index is 11.0. The van der Waals surface area contributed by atoms with E-state index in [-0.39, 0.29) is 5.97 Å². The molecule has 0 atom stereocenters. The van der Waals surface area contributed by atoms with Gasteiger partial charge in [-0.25, -0.2) is 0 Å². The lowest BCUT2D eigenvalue weighted by Gasteiger charge is -2.08. The molecule has 1 aromatic carbocycles. The van der Waals surface area contributed by atoms with Gasteiger partial charge in [-0.3, -0.25) is 4.79 Å². The molecule has 1 saturated heterocycles. The zero-order valence-electron chi connectivity index (χ0n) is 11.2. The van der Waals surface area contributed by atoms with Gasteiger partial charge in [-0.2, -0.15) is 0 Å². The second-order valence-corrected chi connectivity index (χ2v) is 4.28. The highest BCUT2D eigenvalue weighted by Gasteiger charge is 2.01. The number of carbonyl (C=O) groups excluding carboxylic acids is 1. The summed E-state index contributed by atoms with van der Waals surface area (Å²) in [5, 5.41) is 3.28. The smallest absolute Gasteiger partial charge is 0.310 e. The van der Waals surface area contributed by atoms with E-state index in [0.717, 1.165) is 5.56 Å².